The number of ether oxygens (including phenoxy) is 1. The third-order valence-electron chi connectivity index (χ3n) is 5.53. The van der Waals surface area contributed by atoms with Gasteiger partial charge in [-0.15, -0.1) is 11.3 Å². The Labute approximate surface area is 189 Å². The maximum absolute atomic E-state index is 13.3. The van der Waals surface area contributed by atoms with Crippen LogP contribution in [0.1, 0.15) is 58.3 Å². The van der Waals surface area contributed by atoms with Crippen molar-refractivity contribution in [2.24, 2.45) is 22.6 Å². The number of rotatable bonds is 9. The lowest BCUT2D eigenvalue weighted by atomic mass is 9.74. The minimum absolute atomic E-state index is 0.0665. The number of amidine groups is 1. The minimum Gasteiger partial charge on any atom is -0.387 e. The maximum Gasteiger partial charge on any atom is 0.250 e. The first-order valence-electron chi connectivity index (χ1n) is 11.1. The lowest BCUT2D eigenvalue weighted by Crippen LogP contribution is -2.45. The van der Waals surface area contributed by atoms with Crippen LogP contribution in [-0.4, -0.2) is 53.4 Å². The fourth-order valence-corrected chi connectivity index (χ4v) is 4.93. The fourth-order valence-electron chi connectivity index (χ4n) is 4.14. The molecule has 1 amide bonds. The van der Waals surface area contributed by atoms with E-state index < -0.39 is 6.41 Å². The van der Waals surface area contributed by atoms with Crippen LogP contribution < -0.4 is 11.1 Å². The molecule has 7 nitrogen and oxygen atoms in total. The van der Waals surface area contributed by atoms with Crippen LogP contribution in [0.4, 0.5) is 5.69 Å². The van der Waals surface area contributed by atoms with Crippen molar-refractivity contribution in [3.8, 4) is 0 Å². The molecule has 1 fully saturated rings. The van der Waals surface area contributed by atoms with Crippen LogP contribution in [0, 0.1) is 11.8 Å². The number of carbonyl (C=O) groups is 1. The van der Waals surface area contributed by atoms with Crippen LogP contribution >= 0.6 is 11.3 Å². The summed E-state index contributed by atoms with van der Waals surface area (Å²) in [6.07, 6.45) is 4.40. The average Bonchev–Trinajstić information content (AvgIpc) is 2.99. The first-order chi connectivity index (χ1) is 14.6. The molecule has 0 bridgehead atoms. The molecule has 0 radical (unpaired) electrons. The topological polar surface area (TPSA) is 100 Å². The van der Waals surface area contributed by atoms with Gasteiger partial charge in [0.1, 0.15) is 5.84 Å². The van der Waals surface area contributed by atoms with E-state index in [0.29, 0.717) is 24.1 Å². The highest BCUT2D eigenvalue weighted by molar-refractivity contribution is 7.11. The monoisotopic (exact) mass is 448 g/mol. The molecular weight excluding hydrogens is 412 g/mol. The molecule has 1 aliphatic carbocycles. The summed E-state index contributed by atoms with van der Waals surface area (Å²) in [5.41, 5.74) is 7.25. The van der Waals surface area contributed by atoms with Gasteiger partial charge in [-0.05, 0) is 69.4 Å². The zero-order valence-corrected chi connectivity index (χ0v) is 19.9. The molecule has 2 aliphatic rings. The molecule has 0 saturated heterocycles. The lowest BCUT2D eigenvalue weighted by Gasteiger charge is -2.39. The average molecular weight is 449 g/mol. The third-order valence-corrected chi connectivity index (χ3v) is 6.38. The molecule has 1 aromatic rings. The molecule has 3 rings (SSSR count). The molecule has 1 aliphatic heterocycles. The van der Waals surface area contributed by atoms with Crippen molar-refractivity contribution in [3.63, 3.8) is 0 Å². The largest absolute Gasteiger partial charge is 0.387 e. The zero-order valence-electron chi connectivity index (χ0n) is 19.1. The summed E-state index contributed by atoms with van der Waals surface area (Å²) in [5, 5.41) is 15.0. The number of aliphatic hydroxyl groups excluding tert-OH is 1. The number of aliphatic hydroxyl groups is 1. The van der Waals surface area contributed by atoms with Crippen LogP contribution in [0.3, 0.4) is 0 Å². The summed E-state index contributed by atoms with van der Waals surface area (Å²) in [6.45, 7) is 10.1. The Balaban J connectivity index is 1.52. The Kier molecular flexibility index (Phi) is 7.91. The van der Waals surface area contributed by atoms with E-state index in [1.165, 1.54) is 0 Å². The molecule has 2 heterocycles. The number of hydrogen-bond donors (Lipinski definition) is 3. The van der Waals surface area contributed by atoms with E-state index in [9.17, 15) is 9.90 Å². The van der Waals surface area contributed by atoms with Gasteiger partial charge in [0.2, 0.25) is 12.3 Å². The van der Waals surface area contributed by atoms with E-state index >= 15 is 0 Å². The summed E-state index contributed by atoms with van der Waals surface area (Å²) < 4.78 is 5.48. The van der Waals surface area contributed by atoms with Gasteiger partial charge >= 0.3 is 0 Å². The number of nitrogens with two attached hydrogens (primary N) is 1. The van der Waals surface area contributed by atoms with E-state index in [4.69, 9.17) is 10.5 Å². The second-order valence-electron chi connectivity index (χ2n) is 9.57. The van der Waals surface area contributed by atoms with E-state index in [2.05, 4.69) is 17.2 Å². The summed E-state index contributed by atoms with van der Waals surface area (Å²) in [7, 11) is 0. The normalized spacial score (nSPS) is 22.0. The first-order valence-corrected chi connectivity index (χ1v) is 12.0. The van der Waals surface area contributed by atoms with Crippen LogP contribution in [0.25, 0.3) is 6.08 Å². The molecule has 1 unspecified atom stereocenters. The summed E-state index contributed by atoms with van der Waals surface area (Å²) in [5.74, 6) is 1.53. The molecule has 4 N–H and O–H groups in total. The smallest absolute Gasteiger partial charge is 0.250 e. The van der Waals surface area contributed by atoms with Crippen LogP contribution in [-0.2, 0) is 9.53 Å². The van der Waals surface area contributed by atoms with Crippen molar-refractivity contribution < 1.29 is 14.6 Å². The molecular formula is C23H36N4O3S. The van der Waals surface area contributed by atoms with Crippen LogP contribution in [0.2, 0.25) is 0 Å². The molecule has 1 aromatic heterocycles. The van der Waals surface area contributed by atoms with Gasteiger partial charge in [-0.1, -0.05) is 6.92 Å². The van der Waals surface area contributed by atoms with Gasteiger partial charge in [-0.3, -0.25) is 10.1 Å². The molecule has 1 saturated carbocycles. The molecule has 31 heavy (non-hydrogen) atoms. The van der Waals surface area contributed by atoms with Crippen LogP contribution in [0.5, 0.6) is 0 Å². The molecule has 0 spiro atoms. The van der Waals surface area contributed by atoms with Gasteiger partial charge in [-0.25, -0.2) is 4.99 Å². The predicted octanol–water partition coefficient (Wildman–Crippen LogP) is 3.47. The highest BCUT2D eigenvalue weighted by Crippen LogP contribution is 2.35. The third kappa shape index (κ3) is 6.87. The zero-order chi connectivity index (χ0) is 22.6. The van der Waals surface area contributed by atoms with Crippen molar-refractivity contribution in [3.05, 3.63) is 21.9 Å². The van der Waals surface area contributed by atoms with Gasteiger partial charge in [0.25, 0.3) is 0 Å². The SMILES string of the molecule is CCCN(CC1CC(CNC(O)OC(C)(C)C)C1)C(=O)C1=Cc2sccc2N=C(N)C1. The Hall–Kier alpha value is -1.74. The Morgan fingerprint density at radius 1 is 1.42 bits per heavy atom. The maximum atomic E-state index is 13.3. The van der Waals surface area contributed by atoms with Crippen molar-refractivity contribution in [2.45, 2.75) is 65.4 Å². The van der Waals surface area contributed by atoms with Gasteiger partial charge in [0.15, 0.2) is 0 Å². The van der Waals surface area contributed by atoms with E-state index in [1.807, 2.05) is 43.2 Å². The highest BCUT2D eigenvalue weighted by atomic mass is 32.1. The number of hydrogen-bond acceptors (Lipinski definition) is 7. The Bertz CT molecular complexity index is 821. The Morgan fingerprint density at radius 2 is 2.16 bits per heavy atom. The summed E-state index contributed by atoms with van der Waals surface area (Å²) in [6, 6.07) is 1.94. The first kappa shape index (κ1) is 23.9. The number of nitrogens with one attached hydrogen (secondary N) is 1. The molecule has 172 valence electrons. The number of aliphatic imine (C=N–C) groups is 1. The standard InChI is InChI=1S/C23H36N4O3S/c1-5-7-27(14-16-9-15(10-16)13-25-22(29)30-23(2,3)4)21(28)17-11-19-18(6-8-31-19)26-20(24)12-17/h6,8,11,15-16,22,25,29H,5,7,9-10,12-14H2,1-4H3,(H2,24,26). The summed E-state index contributed by atoms with van der Waals surface area (Å²) in [4.78, 5) is 20.7. The fraction of sp³-hybridized carbons (Fsp3) is 0.652. The van der Waals surface area contributed by atoms with Gasteiger partial charge < -0.3 is 20.5 Å². The number of carbonyl (C=O) groups excluding carboxylic acids is 1. The summed E-state index contributed by atoms with van der Waals surface area (Å²) >= 11 is 1.58. The number of nitrogens with zero attached hydrogens (tertiary/aromatic N) is 2. The van der Waals surface area contributed by atoms with Crippen molar-refractivity contribution in [2.75, 3.05) is 19.6 Å². The number of fused-ring (bicyclic) bond motifs is 1. The lowest BCUT2D eigenvalue weighted by molar-refractivity contribution is -0.183. The Morgan fingerprint density at radius 3 is 2.84 bits per heavy atom. The van der Waals surface area contributed by atoms with Gasteiger partial charge in [0.05, 0.1) is 16.2 Å². The second kappa shape index (κ2) is 10.3. The van der Waals surface area contributed by atoms with Crippen molar-refractivity contribution >= 4 is 34.8 Å². The van der Waals surface area contributed by atoms with E-state index in [1.54, 1.807) is 11.3 Å². The molecule has 8 heteroatoms. The van der Waals surface area contributed by atoms with Crippen LogP contribution in [0.15, 0.2) is 22.0 Å². The molecule has 1 atom stereocenters. The molecule has 0 aromatic carbocycles. The van der Waals surface area contributed by atoms with Gasteiger partial charge in [-0.2, -0.15) is 0 Å². The van der Waals surface area contributed by atoms with E-state index in [0.717, 1.165) is 55.0 Å². The minimum atomic E-state index is -0.950. The van der Waals surface area contributed by atoms with E-state index in [-0.39, 0.29) is 11.5 Å². The number of amides is 1. The highest BCUT2D eigenvalue weighted by Gasteiger charge is 2.33. The van der Waals surface area contributed by atoms with Crippen molar-refractivity contribution in [1.29, 1.82) is 0 Å². The predicted molar refractivity (Wildman–Crippen MR) is 126 cm³/mol. The quantitative estimate of drug-likeness (QED) is 0.502. The second-order valence-corrected chi connectivity index (χ2v) is 10.5. The van der Waals surface area contributed by atoms with Crippen molar-refractivity contribution in [1.82, 2.24) is 10.2 Å². The van der Waals surface area contributed by atoms with Gasteiger partial charge in [0, 0.05) is 31.6 Å². The number of thiophene rings is 1.